The molecule has 3 heteroatoms. The molecule has 1 N–H and O–H groups in total. The van der Waals surface area contributed by atoms with Crippen LogP contribution < -0.4 is 0 Å². The fourth-order valence-corrected chi connectivity index (χ4v) is 1.83. The molecule has 0 aliphatic rings. The molecule has 0 aromatic heterocycles. The maximum atomic E-state index is 11.8. The van der Waals surface area contributed by atoms with Crippen molar-refractivity contribution in [1.29, 1.82) is 0 Å². The van der Waals surface area contributed by atoms with Crippen LogP contribution in [0.5, 0.6) is 0 Å². The van der Waals surface area contributed by atoms with Gasteiger partial charge in [-0.3, -0.25) is 4.79 Å². The largest absolute Gasteiger partial charge is 0.396 e. The Balaban J connectivity index is 2.87. The van der Waals surface area contributed by atoms with Crippen LogP contribution in [0, 0.1) is 5.92 Å². The van der Waals surface area contributed by atoms with Gasteiger partial charge in [0.05, 0.1) is 6.61 Å². The zero-order valence-electron chi connectivity index (χ0n) is 10.1. The first-order chi connectivity index (χ1) is 7.57. The molecule has 0 saturated heterocycles. The van der Waals surface area contributed by atoms with Crippen LogP contribution in [0.15, 0.2) is 30.3 Å². The lowest BCUT2D eigenvalue weighted by Gasteiger charge is -2.24. The van der Waals surface area contributed by atoms with Crippen LogP contribution in [0.4, 0.5) is 0 Å². The molecule has 0 saturated carbocycles. The van der Waals surface area contributed by atoms with Gasteiger partial charge in [-0.1, -0.05) is 37.3 Å². The summed E-state index contributed by atoms with van der Waals surface area (Å²) in [4.78, 5) is 13.4. The lowest BCUT2D eigenvalue weighted by Crippen LogP contribution is -2.32. The van der Waals surface area contributed by atoms with Crippen LogP contribution >= 0.6 is 0 Å². The minimum absolute atomic E-state index is 0.00917. The van der Waals surface area contributed by atoms with E-state index in [-0.39, 0.29) is 24.3 Å². The number of carbonyl (C=O) groups excluding carboxylic acids is 1. The van der Waals surface area contributed by atoms with Crippen LogP contribution in [0.25, 0.3) is 0 Å². The topological polar surface area (TPSA) is 40.5 Å². The van der Waals surface area contributed by atoms with Crippen molar-refractivity contribution in [2.45, 2.75) is 12.8 Å². The van der Waals surface area contributed by atoms with Gasteiger partial charge < -0.3 is 10.0 Å². The fourth-order valence-electron chi connectivity index (χ4n) is 1.83. The zero-order chi connectivity index (χ0) is 12.1. The molecule has 1 aromatic rings. The van der Waals surface area contributed by atoms with E-state index in [2.05, 4.69) is 0 Å². The molecule has 0 heterocycles. The third-order valence-corrected chi connectivity index (χ3v) is 2.86. The Morgan fingerprint density at radius 3 is 2.31 bits per heavy atom. The predicted octanol–water partition coefficient (Wildman–Crippen LogP) is 1.49. The third kappa shape index (κ3) is 2.83. The van der Waals surface area contributed by atoms with Crippen molar-refractivity contribution in [3.63, 3.8) is 0 Å². The van der Waals surface area contributed by atoms with Crippen molar-refractivity contribution in [3.05, 3.63) is 35.9 Å². The standard InChI is InChI=1S/C13H19NO2/c1-10(13(16)14(2)3)12(9-15)11-7-5-4-6-8-11/h4-8,10,12,15H,9H2,1-3H3. The summed E-state index contributed by atoms with van der Waals surface area (Å²) in [5, 5.41) is 9.41. The van der Waals surface area contributed by atoms with Gasteiger partial charge >= 0.3 is 0 Å². The number of benzene rings is 1. The molecule has 1 rings (SSSR count). The summed E-state index contributed by atoms with van der Waals surface area (Å²) in [5.41, 5.74) is 1.01. The summed E-state index contributed by atoms with van der Waals surface area (Å²) < 4.78 is 0. The number of rotatable bonds is 4. The van der Waals surface area contributed by atoms with E-state index in [4.69, 9.17) is 0 Å². The van der Waals surface area contributed by atoms with Gasteiger partial charge in [0.1, 0.15) is 0 Å². The lowest BCUT2D eigenvalue weighted by atomic mass is 9.87. The maximum Gasteiger partial charge on any atom is 0.225 e. The summed E-state index contributed by atoms with van der Waals surface area (Å²) >= 11 is 0. The van der Waals surface area contributed by atoms with E-state index in [1.807, 2.05) is 37.3 Å². The van der Waals surface area contributed by atoms with Gasteiger partial charge in [-0.15, -0.1) is 0 Å². The van der Waals surface area contributed by atoms with Crippen molar-refractivity contribution < 1.29 is 9.90 Å². The predicted molar refractivity (Wildman–Crippen MR) is 64.1 cm³/mol. The SMILES string of the molecule is CC(C(=O)N(C)C)C(CO)c1ccccc1. The second kappa shape index (κ2) is 5.66. The van der Waals surface area contributed by atoms with Crippen LogP contribution in [-0.2, 0) is 4.79 Å². The summed E-state index contributed by atoms with van der Waals surface area (Å²) in [7, 11) is 3.47. The molecular weight excluding hydrogens is 202 g/mol. The first-order valence-corrected chi connectivity index (χ1v) is 5.45. The smallest absolute Gasteiger partial charge is 0.225 e. The number of aliphatic hydroxyl groups excluding tert-OH is 1. The molecule has 2 atom stereocenters. The summed E-state index contributed by atoms with van der Waals surface area (Å²) in [6.45, 7) is 1.85. The van der Waals surface area contributed by atoms with E-state index >= 15 is 0 Å². The van der Waals surface area contributed by atoms with Gasteiger partial charge in [-0.25, -0.2) is 0 Å². The van der Waals surface area contributed by atoms with Gasteiger partial charge in [-0.05, 0) is 5.56 Å². The van der Waals surface area contributed by atoms with Crippen LogP contribution in [0.1, 0.15) is 18.4 Å². The number of amides is 1. The lowest BCUT2D eigenvalue weighted by molar-refractivity contribution is -0.133. The second-order valence-electron chi connectivity index (χ2n) is 4.22. The monoisotopic (exact) mass is 221 g/mol. The van der Waals surface area contributed by atoms with Crippen LogP contribution in [0.2, 0.25) is 0 Å². The number of hydrogen-bond acceptors (Lipinski definition) is 2. The van der Waals surface area contributed by atoms with Gasteiger partial charge in [0, 0.05) is 25.9 Å². The minimum Gasteiger partial charge on any atom is -0.396 e. The Labute approximate surface area is 96.7 Å². The molecule has 88 valence electrons. The highest BCUT2D eigenvalue weighted by Crippen LogP contribution is 2.25. The Morgan fingerprint density at radius 2 is 1.88 bits per heavy atom. The van der Waals surface area contributed by atoms with Crippen molar-refractivity contribution in [3.8, 4) is 0 Å². The molecule has 0 aliphatic carbocycles. The highest BCUT2D eigenvalue weighted by molar-refractivity contribution is 5.79. The average Bonchev–Trinajstić information content (AvgIpc) is 2.30. The molecule has 0 fully saturated rings. The van der Waals surface area contributed by atoms with Gasteiger partial charge in [0.2, 0.25) is 5.91 Å². The Hall–Kier alpha value is -1.35. The van der Waals surface area contributed by atoms with Crippen molar-refractivity contribution in [2.75, 3.05) is 20.7 Å². The number of nitrogens with zero attached hydrogens (tertiary/aromatic N) is 1. The Kier molecular flexibility index (Phi) is 4.50. The molecule has 0 spiro atoms. The molecule has 0 aliphatic heterocycles. The molecule has 3 nitrogen and oxygen atoms in total. The second-order valence-corrected chi connectivity index (χ2v) is 4.22. The summed E-state index contributed by atoms with van der Waals surface area (Å²) in [6, 6.07) is 9.66. The van der Waals surface area contributed by atoms with Gasteiger partial charge in [-0.2, -0.15) is 0 Å². The summed E-state index contributed by atoms with van der Waals surface area (Å²) in [6.07, 6.45) is 0. The number of aliphatic hydroxyl groups is 1. The zero-order valence-corrected chi connectivity index (χ0v) is 10.1. The van der Waals surface area contributed by atoms with E-state index in [0.717, 1.165) is 5.56 Å². The maximum absolute atomic E-state index is 11.8. The summed E-state index contributed by atoms with van der Waals surface area (Å²) in [5.74, 6) is -0.290. The molecule has 1 aromatic carbocycles. The molecule has 2 unspecified atom stereocenters. The molecule has 16 heavy (non-hydrogen) atoms. The average molecular weight is 221 g/mol. The van der Waals surface area contributed by atoms with Crippen molar-refractivity contribution >= 4 is 5.91 Å². The van der Waals surface area contributed by atoms with Gasteiger partial charge in [0.15, 0.2) is 0 Å². The Morgan fingerprint density at radius 1 is 1.31 bits per heavy atom. The molecule has 0 radical (unpaired) electrons. The van der Waals surface area contributed by atoms with Gasteiger partial charge in [0.25, 0.3) is 0 Å². The van der Waals surface area contributed by atoms with Crippen LogP contribution in [0.3, 0.4) is 0 Å². The molecule has 0 bridgehead atoms. The normalized spacial score (nSPS) is 14.2. The molecular formula is C13H19NO2. The van der Waals surface area contributed by atoms with Crippen molar-refractivity contribution in [2.24, 2.45) is 5.92 Å². The van der Waals surface area contributed by atoms with Crippen molar-refractivity contribution in [1.82, 2.24) is 4.90 Å². The van der Waals surface area contributed by atoms with E-state index in [0.29, 0.717) is 0 Å². The van der Waals surface area contributed by atoms with E-state index in [1.165, 1.54) is 0 Å². The van der Waals surface area contributed by atoms with E-state index in [1.54, 1.807) is 19.0 Å². The van der Waals surface area contributed by atoms with Crippen LogP contribution in [-0.4, -0.2) is 36.6 Å². The highest BCUT2D eigenvalue weighted by Gasteiger charge is 2.25. The fraction of sp³-hybridized carbons (Fsp3) is 0.462. The first kappa shape index (κ1) is 12.7. The number of carbonyl (C=O) groups is 1. The first-order valence-electron chi connectivity index (χ1n) is 5.45. The third-order valence-electron chi connectivity index (χ3n) is 2.86. The minimum atomic E-state index is -0.206. The van der Waals surface area contributed by atoms with E-state index in [9.17, 15) is 9.90 Å². The quantitative estimate of drug-likeness (QED) is 0.836. The molecule has 1 amide bonds. The van der Waals surface area contributed by atoms with E-state index < -0.39 is 0 Å². The highest BCUT2D eigenvalue weighted by atomic mass is 16.3. The Bertz CT molecular complexity index is 335. The number of hydrogen-bond donors (Lipinski definition) is 1.